The number of amides is 1. The topological polar surface area (TPSA) is 29.1 Å². The second-order valence-electron chi connectivity index (χ2n) is 5.42. The Labute approximate surface area is 135 Å². The Morgan fingerprint density at radius 3 is 2.55 bits per heavy atom. The Bertz CT molecular complexity index is 699. The van der Waals surface area contributed by atoms with Crippen LogP contribution in [0.25, 0.3) is 0 Å². The number of hydrogen-bond donors (Lipinski definition) is 1. The molecule has 1 atom stereocenters. The minimum Gasteiger partial charge on any atom is -0.345 e. The quantitative estimate of drug-likeness (QED) is 0.846. The molecular formula is C18H19ClFNO. The zero-order valence-electron chi connectivity index (χ0n) is 12.9. The van der Waals surface area contributed by atoms with Crippen molar-refractivity contribution in [2.45, 2.75) is 33.2 Å². The standard InChI is InChI=1S/C18H19ClFNO/c1-4-17(14-7-5-11(2)9-12(14)3)21-18(22)15-8-6-13(19)10-16(15)20/h5-10,17H,4H2,1-3H3,(H,21,22)/t17-/m0/s1. The van der Waals surface area contributed by atoms with Gasteiger partial charge in [0.05, 0.1) is 11.6 Å². The van der Waals surface area contributed by atoms with Crippen molar-refractivity contribution in [2.24, 2.45) is 0 Å². The first-order chi connectivity index (χ1) is 10.4. The van der Waals surface area contributed by atoms with Gasteiger partial charge in [-0.1, -0.05) is 42.3 Å². The first-order valence-corrected chi connectivity index (χ1v) is 7.63. The zero-order chi connectivity index (χ0) is 16.3. The van der Waals surface area contributed by atoms with Crippen LogP contribution >= 0.6 is 11.6 Å². The van der Waals surface area contributed by atoms with Crippen LogP contribution < -0.4 is 5.32 Å². The lowest BCUT2D eigenvalue weighted by atomic mass is 9.97. The summed E-state index contributed by atoms with van der Waals surface area (Å²) < 4.78 is 13.8. The van der Waals surface area contributed by atoms with Gasteiger partial charge in [-0.15, -0.1) is 0 Å². The molecule has 0 saturated heterocycles. The number of benzene rings is 2. The third kappa shape index (κ3) is 3.66. The molecule has 0 aliphatic carbocycles. The maximum Gasteiger partial charge on any atom is 0.254 e. The van der Waals surface area contributed by atoms with Crippen molar-refractivity contribution in [2.75, 3.05) is 0 Å². The molecule has 0 radical (unpaired) electrons. The van der Waals surface area contributed by atoms with Gasteiger partial charge in [0.1, 0.15) is 5.82 Å². The van der Waals surface area contributed by atoms with Crippen LogP contribution in [0.15, 0.2) is 36.4 Å². The predicted octanol–water partition coefficient (Wildman–Crippen LogP) is 4.98. The van der Waals surface area contributed by atoms with Gasteiger partial charge in [0.15, 0.2) is 0 Å². The fourth-order valence-corrected chi connectivity index (χ4v) is 2.68. The molecule has 0 unspecified atom stereocenters. The van der Waals surface area contributed by atoms with Crippen LogP contribution in [0.3, 0.4) is 0 Å². The number of carbonyl (C=O) groups excluding carboxylic acids is 1. The second-order valence-corrected chi connectivity index (χ2v) is 5.85. The van der Waals surface area contributed by atoms with Gasteiger partial charge in [0, 0.05) is 5.02 Å². The van der Waals surface area contributed by atoms with Crippen LogP contribution in [0.5, 0.6) is 0 Å². The molecule has 0 aliphatic rings. The van der Waals surface area contributed by atoms with E-state index in [0.29, 0.717) is 0 Å². The van der Waals surface area contributed by atoms with Crippen molar-refractivity contribution in [3.05, 3.63) is 69.5 Å². The van der Waals surface area contributed by atoms with E-state index in [9.17, 15) is 9.18 Å². The Morgan fingerprint density at radius 2 is 1.95 bits per heavy atom. The number of hydrogen-bond acceptors (Lipinski definition) is 1. The summed E-state index contributed by atoms with van der Waals surface area (Å²) >= 11 is 5.71. The zero-order valence-corrected chi connectivity index (χ0v) is 13.7. The van der Waals surface area contributed by atoms with Crippen molar-refractivity contribution < 1.29 is 9.18 Å². The van der Waals surface area contributed by atoms with Crippen molar-refractivity contribution in [3.63, 3.8) is 0 Å². The molecule has 0 spiro atoms. The number of halogens is 2. The Balaban J connectivity index is 2.24. The summed E-state index contributed by atoms with van der Waals surface area (Å²) in [5, 5.41) is 3.17. The smallest absolute Gasteiger partial charge is 0.254 e. The van der Waals surface area contributed by atoms with Crippen molar-refractivity contribution >= 4 is 17.5 Å². The molecule has 2 aromatic carbocycles. The number of aryl methyl sites for hydroxylation is 2. The molecule has 2 nitrogen and oxygen atoms in total. The summed E-state index contributed by atoms with van der Waals surface area (Å²) in [6.45, 7) is 6.03. The lowest BCUT2D eigenvalue weighted by molar-refractivity contribution is 0.0931. The van der Waals surface area contributed by atoms with Gasteiger partial charge in [-0.25, -0.2) is 4.39 Å². The highest BCUT2D eigenvalue weighted by Crippen LogP contribution is 2.23. The summed E-state index contributed by atoms with van der Waals surface area (Å²) in [5.41, 5.74) is 3.35. The van der Waals surface area contributed by atoms with E-state index in [2.05, 4.69) is 11.4 Å². The third-order valence-corrected chi connectivity index (χ3v) is 3.93. The van der Waals surface area contributed by atoms with Gasteiger partial charge in [0.2, 0.25) is 0 Å². The maximum absolute atomic E-state index is 13.8. The molecule has 0 aromatic heterocycles. The largest absolute Gasteiger partial charge is 0.345 e. The van der Waals surface area contributed by atoms with Crippen molar-refractivity contribution in [1.82, 2.24) is 5.32 Å². The normalized spacial score (nSPS) is 12.0. The van der Waals surface area contributed by atoms with Gasteiger partial charge in [-0.3, -0.25) is 4.79 Å². The van der Waals surface area contributed by atoms with Crippen LogP contribution in [0.2, 0.25) is 5.02 Å². The molecule has 1 N–H and O–H groups in total. The number of carbonyl (C=O) groups is 1. The Hall–Kier alpha value is -1.87. The minimum absolute atomic E-state index is 0.00705. The van der Waals surface area contributed by atoms with E-state index >= 15 is 0 Å². The summed E-state index contributed by atoms with van der Waals surface area (Å²) in [5.74, 6) is -1.04. The van der Waals surface area contributed by atoms with E-state index in [1.165, 1.54) is 17.7 Å². The molecule has 1 amide bonds. The molecule has 0 saturated carbocycles. The van der Waals surface area contributed by atoms with E-state index in [1.807, 2.05) is 32.9 Å². The van der Waals surface area contributed by atoms with Gasteiger partial charge in [-0.05, 0) is 49.6 Å². The van der Waals surface area contributed by atoms with Crippen LogP contribution in [0, 0.1) is 19.7 Å². The number of nitrogens with one attached hydrogen (secondary N) is 1. The fraction of sp³-hybridized carbons (Fsp3) is 0.278. The van der Waals surface area contributed by atoms with Crippen molar-refractivity contribution in [1.29, 1.82) is 0 Å². The summed E-state index contributed by atoms with van der Waals surface area (Å²) in [7, 11) is 0. The Morgan fingerprint density at radius 1 is 1.23 bits per heavy atom. The summed E-state index contributed by atoms with van der Waals surface area (Å²) in [4.78, 5) is 12.3. The molecular weight excluding hydrogens is 301 g/mol. The van der Waals surface area contributed by atoms with E-state index in [-0.39, 0.29) is 16.6 Å². The first kappa shape index (κ1) is 16.5. The van der Waals surface area contributed by atoms with Gasteiger partial charge >= 0.3 is 0 Å². The highest BCUT2D eigenvalue weighted by Gasteiger charge is 2.18. The number of rotatable bonds is 4. The molecule has 0 fully saturated rings. The minimum atomic E-state index is -0.611. The van der Waals surface area contributed by atoms with Crippen LogP contribution in [0.4, 0.5) is 4.39 Å². The van der Waals surface area contributed by atoms with E-state index < -0.39 is 11.7 Å². The lowest BCUT2D eigenvalue weighted by Crippen LogP contribution is -2.29. The fourth-order valence-electron chi connectivity index (χ4n) is 2.53. The molecule has 4 heteroatoms. The van der Waals surface area contributed by atoms with Gasteiger partial charge < -0.3 is 5.32 Å². The monoisotopic (exact) mass is 319 g/mol. The highest BCUT2D eigenvalue weighted by molar-refractivity contribution is 6.30. The average Bonchev–Trinajstić information content (AvgIpc) is 2.45. The second kappa shape index (κ2) is 6.93. The third-order valence-electron chi connectivity index (χ3n) is 3.69. The van der Waals surface area contributed by atoms with E-state index in [1.54, 1.807) is 0 Å². The van der Waals surface area contributed by atoms with E-state index in [0.717, 1.165) is 23.6 Å². The maximum atomic E-state index is 13.8. The molecule has 22 heavy (non-hydrogen) atoms. The molecule has 0 bridgehead atoms. The molecule has 2 aromatic rings. The average molecular weight is 320 g/mol. The molecule has 116 valence electrons. The SMILES string of the molecule is CC[C@H](NC(=O)c1ccc(Cl)cc1F)c1ccc(C)cc1C. The van der Waals surface area contributed by atoms with Crippen LogP contribution in [-0.2, 0) is 0 Å². The first-order valence-electron chi connectivity index (χ1n) is 7.25. The summed E-state index contributed by atoms with van der Waals surface area (Å²) in [6, 6.07) is 10.0. The Kier molecular flexibility index (Phi) is 5.19. The molecule has 0 heterocycles. The molecule has 2 rings (SSSR count). The van der Waals surface area contributed by atoms with Crippen molar-refractivity contribution in [3.8, 4) is 0 Å². The van der Waals surface area contributed by atoms with Crippen LogP contribution in [0.1, 0.15) is 46.4 Å². The lowest BCUT2D eigenvalue weighted by Gasteiger charge is -2.20. The van der Waals surface area contributed by atoms with Gasteiger partial charge in [-0.2, -0.15) is 0 Å². The van der Waals surface area contributed by atoms with E-state index in [4.69, 9.17) is 11.6 Å². The summed E-state index contributed by atoms with van der Waals surface area (Å²) in [6.07, 6.45) is 0.727. The molecule has 0 aliphatic heterocycles. The van der Waals surface area contributed by atoms with Gasteiger partial charge in [0.25, 0.3) is 5.91 Å². The predicted molar refractivity (Wildman–Crippen MR) is 87.8 cm³/mol. The van der Waals surface area contributed by atoms with Crippen LogP contribution in [-0.4, -0.2) is 5.91 Å². The highest BCUT2D eigenvalue weighted by atomic mass is 35.5.